The number of rotatable bonds is 2. The molecular formula is C13H13ClF2N2O. The van der Waals surface area contributed by atoms with Crippen molar-refractivity contribution in [2.75, 3.05) is 0 Å². The summed E-state index contributed by atoms with van der Waals surface area (Å²) in [5, 5.41) is 16.2. The third-order valence-corrected chi connectivity index (χ3v) is 4.53. The second kappa shape index (κ2) is 4.15. The van der Waals surface area contributed by atoms with Crippen LogP contribution >= 0.6 is 11.6 Å². The standard InChI is InChI=1S/C13H13ClF2N2O/c1-13(3-2-4-13)12(19)7-10(16)8(14)9(15)6-5-17-18-11(6)7/h5,12,19H,2-4H2,1H3,(H,17,18). The van der Waals surface area contributed by atoms with Crippen molar-refractivity contribution in [2.45, 2.75) is 32.3 Å². The van der Waals surface area contributed by atoms with Crippen molar-refractivity contribution in [1.82, 2.24) is 10.2 Å². The molecule has 1 aromatic heterocycles. The van der Waals surface area contributed by atoms with Gasteiger partial charge in [0.2, 0.25) is 0 Å². The molecule has 1 unspecified atom stereocenters. The molecular weight excluding hydrogens is 274 g/mol. The predicted octanol–water partition coefficient (Wildman–Crippen LogP) is 3.72. The summed E-state index contributed by atoms with van der Waals surface area (Å²) in [5.41, 5.74) is -0.193. The van der Waals surface area contributed by atoms with Crippen molar-refractivity contribution in [2.24, 2.45) is 5.41 Å². The maximum absolute atomic E-state index is 14.2. The van der Waals surface area contributed by atoms with Crippen molar-refractivity contribution >= 4 is 22.5 Å². The number of hydrogen-bond donors (Lipinski definition) is 2. The van der Waals surface area contributed by atoms with Crippen molar-refractivity contribution in [3.8, 4) is 0 Å². The van der Waals surface area contributed by atoms with Gasteiger partial charge in [0.15, 0.2) is 11.6 Å². The Bertz CT molecular complexity index is 652. The molecule has 2 N–H and O–H groups in total. The minimum absolute atomic E-state index is 0.0149. The SMILES string of the molecule is CC1(C(O)c2c(F)c(Cl)c(F)c3cn[nH]c23)CCC1. The Labute approximate surface area is 113 Å². The fourth-order valence-corrected chi connectivity index (χ4v) is 2.92. The second-order valence-electron chi connectivity index (χ2n) is 5.42. The molecule has 1 aliphatic rings. The topological polar surface area (TPSA) is 48.9 Å². The molecule has 6 heteroatoms. The monoisotopic (exact) mass is 286 g/mol. The lowest BCUT2D eigenvalue weighted by molar-refractivity contribution is -0.0232. The van der Waals surface area contributed by atoms with Gasteiger partial charge in [-0.1, -0.05) is 24.9 Å². The van der Waals surface area contributed by atoms with Crippen LogP contribution < -0.4 is 0 Å². The maximum atomic E-state index is 14.2. The molecule has 102 valence electrons. The van der Waals surface area contributed by atoms with E-state index in [-0.39, 0.29) is 21.9 Å². The molecule has 19 heavy (non-hydrogen) atoms. The Kier molecular flexibility index (Phi) is 2.80. The van der Waals surface area contributed by atoms with E-state index in [4.69, 9.17) is 11.6 Å². The highest BCUT2D eigenvalue weighted by Crippen LogP contribution is 2.51. The van der Waals surface area contributed by atoms with Crippen LogP contribution in [0.1, 0.15) is 37.9 Å². The highest BCUT2D eigenvalue weighted by Gasteiger charge is 2.42. The van der Waals surface area contributed by atoms with Crippen LogP contribution in [-0.2, 0) is 0 Å². The number of fused-ring (bicyclic) bond motifs is 1. The van der Waals surface area contributed by atoms with Gasteiger partial charge < -0.3 is 5.11 Å². The van der Waals surface area contributed by atoms with E-state index in [0.717, 1.165) is 19.3 Å². The molecule has 0 aliphatic heterocycles. The number of hydrogen-bond acceptors (Lipinski definition) is 2. The number of benzene rings is 1. The fourth-order valence-electron chi connectivity index (χ4n) is 2.71. The zero-order chi connectivity index (χ0) is 13.8. The molecule has 0 bridgehead atoms. The quantitative estimate of drug-likeness (QED) is 0.827. The van der Waals surface area contributed by atoms with Crippen LogP contribution in [0, 0.1) is 17.0 Å². The van der Waals surface area contributed by atoms with E-state index in [1.54, 1.807) is 0 Å². The van der Waals surface area contributed by atoms with Gasteiger partial charge in [-0.05, 0) is 18.3 Å². The average Bonchev–Trinajstić information content (AvgIpc) is 2.82. The van der Waals surface area contributed by atoms with Crippen LogP contribution in [0.3, 0.4) is 0 Å². The molecule has 1 fully saturated rings. The number of aromatic nitrogens is 2. The smallest absolute Gasteiger partial charge is 0.155 e. The molecule has 2 aromatic rings. The van der Waals surface area contributed by atoms with E-state index >= 15 is 0 Å². The zero-order valence-electron chi connectivity index (χ0n) is 10.3. The number of H-pyrrole nitrogens is 1. The molecule has 1 saturated carbocycles. The van der Waals surface area contributed by atoms with E-state index in [0.29, 0.717) is 0 Å². The van der Waals surface area contributed by atoms with Gasteiger partial charge >= 0.3 is 0 Å². The van der Waals surface area contributed by atoms with Gasteiger partial charge in [-0.3, -0.25) is 5.10 Å². The Hall–Kier alpha value is -1.20. The van der Waals surface area contributed by atoms with E-state index in [1.165, 1.54) is 6.20 Å². The lowest BCUT2D eigenvalue weighted by Crippen LogP contribution is -2.33. The fraction of sp³-hybridized carbons (Fsp3) is 0.462. The molecule has 0 radical (unpaired) electrons. The Morgan fingerprint density at radius 1 is 1.42 bits per heavy atom. The summed E-state index contributed by atoms with van der Waals surface area (Å²) >= 11 is 5.67. The molecule has 1 aliphatic carbocycles. The lowest BCUT2D eigenvalue weighted by atomic mass is 9.65. The van der Waals surface area contributed by atoms with Gasteiger partial charge in [-0.25, -0.2) is 8.78 Å². The largest absolute Gasteiger partial charge is 0.388 e. The summed E-state index contributed by atoms with van der Waals surface area (Å²) < 4.78 is 28.0. The normalized spacial score (nSPS) is 19.4. The van der Waals surface area contributed by atoms with Crippen molar-refractivity contribution in [3.63, 3.8) is 0 Å². The van der Waals surface area contributed by atoms with Gasteiger partial charge in [-0.15, -0.1) is 0 Å². The summed E-state index contributed by atoms with van der Waals surface area (Å²) in [5.74, 6) is -1.76. The number of aliphatic hydroxyl groups excluding tert-OH is 1. The van der Waals surface area contributed by atoms with Crippen LogP contribution in [0.5, 0.6) is 0 Å². The number of halogens is 3. The van der Waals surface area contributed by atoms with E-state index in [1.807, 2.05) is 6.92 Å². The van der Waals surface area contributed by atoms with Crippen LogP contribution in [-0.4, -0.2) is 15.3 Å². The van der Waals surface area contributed by atoms with Crippen LogP contribution in [0.15, 0.2) is 6.20 Å². The van der Waals surface area contributed by atoms with Gasteiger partial charge in [-0.2, -0.15) is 5.10 Å². The lowest BCUT2D eigenvalue weighted by Gasteiger charge is -2.42. The first-order valence-corrected chi connectivity index (χ1v) is 6.51. The predicted molar refractivity (Wildman–Crippen MR) is 67.9 cm³/mol. The minimum atomic E-state index is -1.03. The van der Waals surface area contributed by atoms with Crippen LogP contribution in [0.2, 0.25) is 5.02 Å². The van der Waals surface area contributed by atoms with Crippen LogP contribution in [0.4, 0.5) is 8.78 Å². The molecule has 3 rings (SSSR count). The summed E-state index contributed by atoms with van der Waals surface area (Å²) in [6.45, 7) is 1.89. The van der Waals surface area contributed by atoms with Crippen molar-refractivity contribution < 1.29 is 13.9 Å². The summed E-state index contributed by atoms with van der Waals surface area (Å²) in [6.07, 6.45) is 2.82. The number of aliphatic hydroxyl groups is 1. The second-order valence-corrected chi connectivity index (χ2v) is 5.80. The highest BCUT2D eigenvalue weighted by atomic mass is 35.5. The third kappa shape index (κ3) is 1.68. The molecule has 1 heterocycles. The molecule has 0 spiro atoms. The first kappa shape index (κ1) is 12.8. The minimum Gasteiger partial charge on any atom is -0.388 e. The molecule has 1 aromatic carbocycles. The summed E-state index contributed by atoms with van der Waals surface area (Å²) in [6, 6.07) is 0. The van der Waals surface area contributed by atoms with Crippen LogP contribution in [0.25, 0.3) is 10.9 Å². The molecule has 3 nitrogen and oxygen atoms in total. The van der Waals surface area contributed by atoms with Crippen molar-refractivity contribution in [1.29, 1.82) is 0 Å². The van der Waals surface area contributed by atoms with Gasteiger partial charge in [0.1, 0.15) is 5.02 Å². The average molecular weight is 287 g/mol. The van der Waals surface area contributed by atoms with E-state index in [2.05, 4.69) is 10.2 Å². The first-order valence-electron chi connectivity index (χ1n) is 6.13. The first-order chi connectivity index (χ1) is 8.96. The summed E-state index contributed by atoms with van der Waals surface area (Å²) in [4.78, 5) is 0. The number of nitrogens with zero attached hydrogens (tertiary/aromatic N) is 1. The summed E-state index contributed by atoms with van der Waals surface area (Å²) in [7, 11) is 0. The molecule has 1 atom stereocenters. The third-order valence-electron chi connectivity index (χ3n) is 4.20. The Balaban J connectivity index is 2.25. The molecule has 0 saturated heterocycles. The highest BCUT2D eigenvalue weighted by molar-refractivity contribution is 6.31. The van der Waals surface area contributed by atoms with Gasteiger partial charge in [0, 0.05) is 5.56 Å². The van der Waals surface area contributed by atoms with E-state index < -0.39 is 22.8 Å². The maximum Gasteiger partial charge on any atom is 0.155 e. The van der Waals surface area contributed by atoms with Gasteiger partial charge in [0.25, 0.3) is 0 Å². The Morgan fingerprint density at radius 3 is 2.68 bits per heavy atom. The number of nitrogens with one attached hydrogen (secondary N) is 1. The Morgan fingerprint density at radius 2 is 2.11 bits per heavy atom. The molecule has 0 amide bonds. The zero-order valence-corrected chi connectivity index (χ0v) is 11.1. The van der Waals surface area contributed by atoms with Gasteiger partial charge in [0.05, 0.1) is 23.2 Å². The van der Waals surface area contributed by atoms with Crippen molar-refractivity contribution in [3.05, 3.63) is 28.4 Å². The number of aromatic amines is 1. The van der Waals surface area contributed by atoms with E-state index in [9.17, 15) is 13.9 Å².